The van der Waals surface area contributed by atoms with Gasteiger partial charge in [0.2, 0.25) is 5.91 Å². The number of rotatable bonds is 8. The zero-order valence-corrected chi connectivity index (χ0v) is 17.7. The van der Waals surface area contributed by atoms with E-state index in [0.29, 0.717) is 30.5 Å². The standard InChI is InChI=1S/C23H30N4O3/c1-15-3-6-19(22(9-15)30-14-17-4-5-17)12-25-23(29)20-13-26-27-8-7-18(10-21(20)27)11-24-16(2)28/h3,6,9,13,17-18H,4-5,7-8,10-12,14H2,1-2H3,(H,24,28)(H,25,29). The number of carbonyl (C=O) groups is 2. The fourth-order valence-electron chi connectivity index (χ4n) is 3.86. The van der Waals surface area contributed by atoms with Crippen molar-refractivity contribution in [2.75, 3.05) is 13.2 Å². The fourth-order valence-corrected chi connectivity index (χ4v) is 3.86. The Morgan fingerprint density at radius 2 is 2.03 bits per heavy atom. The molecule has 0 radical (unpaired) electrons. The Labute approximate surface area is 177 Å². The quantitative estimate of drug-likeness (QED) is 0.701. The summed E-state index contributed by atoms with van der Waals surface area (Å²) in [5.74, 6) is 1.71. The molecule has 1 aromatic carbocycles. The third kappa shape index (κ3) is 5.01. The first-order valence-corrected chi connectivity index (χ1v) is 10.8. The van der Waals surface area contributed by atoms with Crippen LogP contribution in [0.3, 0.4) is 0 Å². The van der Waals surface area contributed by atoms with Gasteiger partial charge in [-0.15, -0.1) is 0 Å². The molecule has 1 aliphatic carbocycles. The normalized spacial score (nSPS) is 17.9. The van der Waals surface area contributed by atoms with E-state index in [1.165, 1.54) is 19.8 Å². The zero-order chi connectivity index (χ0) is 21.1. The minimum Gasteiger partial charge on any atom is -0.493 e. The van der Waals surface area contributed by atoms with E-state index >= 15 is 0 Å². The maximum Gasteiger partial charge on any atom is 0.255 e. The summed E-state index contributed by atoms with van der Waals surface area (Å²) < 4.78 is 7.93. The number of hydrogen-bond acceptors (Lipinski definition) is 4. The summed E-state index contributed by atoms with van der Waals surface area (Å²) in [5.41, 5.74) is 3.70. The number of nitrogens with zero attached hydrogens (tertiary/aromatic N) is 2. The predicted octanol–water partition coefficient (Wildman–Crippen LogP) is 2.61. The molecule has 2 N–H and O–H groups in total. The molecule has 1 fully saturated rings. The van der Waals surface area contributed by atoms with Crippen molar-refractivity contribution in [2.24, 2.45) is 11.8 Å². The first-order valence-electron chi connectivity index (χ1n) is 10.8. The Balaban J connectivity index is 1.39. The molecule has 160 valence electrons. The number of hydrogen-bond donors (Lipinski definition) is 2. The summed E-state index contributed by atoms with van der Waals surface area (Å²) in [6.45, 7) is 6.13. The van der Waals surface area contributed by atoms with Crippen LogP contribution in [0.1, 0.15) is 53.4 Å². The lowest BCUT2D eigenvalue weighted by molar-refractivity contribution is -0.119. The Kier molecular flexibility index (Phi) is 6.06. The number of carbonyl (C=O) groups excluding carboxylic acids is 2. The Morgan fingerprint density at radius 3 is 2.80 bits per heavy atom. The molecule has 4 rings (SSSR count). The SMILES string of the molecule is CC(=O)NCC1CCn2ncc(C(=O)NCc3ccc(C)cc3OCC3CC3)c2C1. The van der Waals surface area contributed by atoms with Crippen LogP contribution in [-0.2, 0) is 24.3 Å². The second-order valence-corrected chi connectivity index (χ2v) is 8.57. The van der Waals surface area contributed by atoms with Gasteiger partial charge in [-0.2, -0.15) is 5.10 Å². The van der Waals surface area contributed by atoms with Crippen molar-refractivity contribution >= 4 is 11.8 Å². The fraction of sp³-hybridized carbons (Fsp3) is 0.522. The summed E-state index contributed by atoms with van der Waals surface area (Å²) in [4.78, 5) is 24.1. The van der Waals surface area contributed by atoms with Gasteiger partial charge in [0, 0.05) is 32.1 Å². The molecule has 1 unspecified atom stereocenters. The topological polar surface area (TPSA) is 85.2 Å². The molecule has 0 spiro atoms. The van der Waals surface area contributed by atoms with Crippen molar-refractivity contribution in [3.8, 4) is 5.75 Å². The van der Waals surface area contributed by atoms with Gasteiger partial charge in [-0.3, -0.25) is 14.3 Å². The lowest BCUT2D eigenvalue weighted by atomic mass is 9.94. The van der Waals surface area contributed by atoms with E-state index in [0.717, 1.165) is 48.6 Å². The summed E-state index contributed by atoms with van der Waals surface area (Å²) in [7, 11) is 0. The minimum absolute atomic E-state index is 0.0233. The summed E-state index contributed by atoms with van der Waals surface area (Å²) in [5, 5.41) is 10.3. The number of amides is 2. The van der Waals surface area contributed by atoms with Crippen molar-refractivity contribution < 1.29 is 14.3 Å². The van der Waals surface area contributed by atoms with Crippen LogP contribution < -0.4 is 15.4 Å². The van der Waals surface area contributed by atoms with Crippen LogP contribution >= 0.6 is 0 Å². The predicted molar refractivity (Wildman–Crippen MR) is 113 cm³/mol. The number of aryl methyl sites for hydroxylation is 2. The third-order valence-corrected chi connectivity index (χ3v) is 5.90. The minimum atomic E-state index is -0.120. The van der Waals surface area contributed by atoms with Crippen LogP contribution in [0.2, 0.25) is 0 Å². The molecule has 7 nitrogen and oxygen atoms in total. The number of ether oxygens (including phenoxy) is 1. The monoisotopic (exact) mass is 410 g/mol. The highest BCUT2D eigenvalue weighted by Crippen LogP contribution is 2.31. The Bertz CT molecular complexity index is 933. The van der Waals surface area contributed by atoms with Gasteiger partial charge >= 0.3 is 0 Å². The highest BCUT2D eigenvalue weighted by molar-refractivity contribution is 5.95. The molecule has 1 aliphatic heterocycles. The molecular formula is C23H30N4O3. The zero-order valence-electron chi connectivity index (χ0n) is 17.7. The molecular weight excluding hydrogens is 380 g/mol. The second-order valence-electron chi connectivity index (χ2n) is 8.57. The smallest absolute Gasteiger partial charge is 0.255 e. The molecule has 2 heterocycles. The van der Waals surface area contributed by atoms with E-state index in [9.17, 15) is 9.59 Å². The van der Waals surface area contributed by atoms with Crippen molar-refractivity contribution in [3.05, 3.63) is 46.8 Å². The lowest BCUT2D eigenvalue weighted by Crippen LogP contribution is -2.33. The molecule has 30 heavy (non-hydrogen) atoms. The number of nitrogens with one attached hydrogen (secondary N) is 2. The van der Waals surface area contributed by atoms with Crippen LogP contribution in [-0.4, -0.2) is 34.7 Å². The average molecular weight is 411 g/mol. The molecule has 1 aromatic heterocycles. The van der Waals surface area contributed by atoms with Crippen molar-refractivity contribution in [1.82, 2.24) is 20.4 Å². The first kappa shape index (κ1) is 20.4. The van der Waals surface area contributed by atoms with Gasteiger partial charge in [0.15, 0.2) is 0 Å². The number of benzene rings is 1. The molecule has 1 atom stereocenters. The molecule has 0 bridgehead atoms. The van der Waals surface area contributed by atoms with Gasteiger partial charge in [-0.1, -0.05) is 12.1 Å². The molecule has 0 saturated heterocycles. The molecule has 7 heteroatoms. The molecule has 1 saturated carbocycles. The van der Waals surface area contributed by atoms with E-state index in [1.807, 2.05) is 29.8 Å². The van der Waals surface area contributed by atoms with E-state index < -0.39 is 0 Å². The molecule has 2 aromatic rings. The Hall–Kier alpha value is -2.83. The molecule has 2 amide bonds. The van der Waals surface area contributed by atoms with E-state index in [2.05, 4.69) is 15.7 Å². The van der Waals surface area contributed by atoms with Crippen LogP contribution in [0, 0.1) is 18.8 Å². The van der Waals surface area contributed by atoms with Gasteiger partial charge in [0.05, 0.1) is 24.1 Å². The maximum atomic E-state index is 12.9. The summed E-state index contributed by atoms with van der Waals surface area (Å²) in [6.07, 6.45) is 5.83. The van der Waals surface area contributed by atoms with E-state index in [-0.39, 0.29) is 11.8 Å². The third-order valence-electron chi connectivity index (χ3n) is 5.90. The Morgan fingerprint density at radius 1 is 1.20 bits per heavy atom. The summed E-state index contributed by atoms with van der Waals surface area (Å²) >= 11 is 0. The largest absolute Gasteiger partial charge is 0.493 e. The lowest BCUT2D eigenvalue weighted by Gasteiger charge is -2.24. The second kappa shape index (κ2) is 8.90. The van der Waals surface area contributed by atoms with Gasteiger partial charge < -0.3 is 15.4 Å². The van der Waals surface area contributed by atoms with Crippen LogP contribution in [0.4, 0.5) is 0 Å². The van der Waals surface area contributed by atoms with Crippen molar-refractivity contribution in [2.45, 2.75) is 52.6 Å². The van der Waals surface area contributed by atoms with Gasteiger partial charge in [-0.05, 0) is 56.1 Å². The average Bonchev–Trinajstić information content (AvgIpc) is 3.46. The van der Waals surface area contributed by atoms with Crippen LogP contribution in [0.15, 0.2) is 24.4 Å². The van der Waals surface area contributed by atoms with E-state index in [1.54, 1.807) is 6.20 Å². The van der Waals surface area contributed by atoms with Gasteiger partial charge in [0.1, 0.15) is 5.75 Å². The van der Waals surface area contributed by atoms with Crippen LogP contribution in [0.5, 0.6) is 5.75 Å². The summed E-state index contributed by atoms with van der Waals surface area (Å²) in [6, 6.07) is 6.10. The van der Waals surface area contributed by atoms with Gasteiger partial charge in [0.25, 0.3) is 5.91 Å². The molecule has 2 aliphatic rings. The number of fused-ring (bicyclic) bond motifs is 1. The van der Waals surface area contributed by atoms with Gasteiger partial charge in [-0.25, -0.2) is 0 Å². The van der Waals surface area contributed by atoms with Crippen molar-refractivity contribution in [1.29, 1.82) is 0 Å². The maximum absolute atomic E-state index is 12.9. The first-order chi connectivity index (χ1) is 14.5. The van der Waals surface area contributed by atoms with E-state index in [4.69, 9.17) is 4.74 Å². The number of aromatic nitrogens is 2. The highest BCUT2D eigenvalue weighted by Gasteiger charge is 2.26. The van der Waals surface area contributed by atoms with Crippen molar-refractivity contribution in [3.63, 3.8) is 0 Å². The highest BCUT2D eigenvalue weighted by atomic mass is 16.5. The van der Waals surface area contributed by atoms with Crippen LogP contribution in [0.25, 0.3) is 0 Å².